The fourth-order valence-electron chi connectivity index (χ4n) is 2.27. The summed E-state index contributed by atoms with van der Waals surface area (Å²) in [4.78, 5) is 12.1. The van der Waals surface area contributed by atoms with Crippen LogP contribution in [0.4, 0.5) is 0 Å². The number of esters is 1. The van der Waals surface area contributed by atoms with Gasteiger partial charge in [0.1, 0.15) is 0 Å². The van der Waals surface area contributed by atoms with Crippen LogP contribution in [0.15, 0.2) is 16.6 Å². The monoisotopic (exact) mass is 354 g/mol. The Bertz CT molecular complexity index is 567. The van der Waals surface area contributed by atoms with Crippen molar-refractivity contribution >= 4 is 34.5 Å². The number of benzene rings is 1. The Morgan fingerprint density at radius 3 is 2.19 bits per heavy atom. The maximum absolute atomic E-state index is 12.1. The van der Waals surface area contributed by atoms with Gasteiger partial charge in [0.25, 0.3) is 0 Å². The normalized spacial score (nSPS) is 19.7. The van der Waals surface area contributed by atoms with Crippen LogP contribution < -0.4 is 5.46 Å². The highest BCUT2D eigenvalue weighted by Crippen LogP contribution is 2.37. The Morgan fingerprint density at radius 1 is 1.19 bits per heavy atom. The fraction of sp³-hybridized carbons (Fsp3) is 0.533. The van der Waals surface area contributed by atoms with E-state index < -0.39 is 24.3 Å². The van der Waals surface area contributed by atoms with Crippen molar-refractivity contribution in [2.45, 2.75) is 45.8 Å². The van der Waals surface area contributed by atoms with E-state index in [0.717, 1.165) is 10.0 Å². The fourth-order valence-corrected chi connectivity index (χ4v) is 2.78. The molecule has 0 atom stereocenters. The van der Waals surface area contributed by atoms with Gasteiger partial charge in [-0.1, -0.05) is 22.0 Å². The van der Waals surface area contributed by atoms with Crippen molar-refractivity contribution in [2.75, 3.05) is 7.11 Å². The van der Waals surface area contributed by atoms with Crippen LogP contribution in [-0.4, -0.2) is 31.4 Å². The van der Waals surface area contributed by atoms with Gasteiger partial charge in [-0.2, -0.15) is 0 Å². The molecular formula is C15H20BBrO4. The van der Waals surface area contributed by atoms with Gasteiger partial charge in [0.05, 0.1) is 23.9 Å². The minimum atomic E-state index is -0.613. The Labute approximate surface area is 134 Å². The van der Waals surface area contributed by atoms with Crippen molar-refractivity contribution in [3.8, 4) is 0 Å². The van der Waals surface area contributed by atoms with E-state index in [2.05, 4.69) is 15.9 Å². The first-order chi connectivity index (χ1) is 9.60. The molecule has 1 aromatic rings. The lowest BCUT2D eigenvalue weighted by Crippen LogP contribution is -2.41. The van der Waals surface area contributed by atoms with E-state index in [4.69, 9.17) is 14.0 Å². The molecule has 0 N–H and O–H groups in total. The molecule has 0 saturated carbocycles. The van der Waals surface area contributed by atoms with Gasteiger partial charge >= 0.3 is 13.1 Å². The van der Waals surface area contributed by atoms with E-state index in [0.29, 0.717) is 11.0 Å². The van der Waals surface area contributed by atoms with Crippen LogP contribution in [0.5, 0.6) is 0 Å². The van der Waals surface area contributed by atoms with Crippen LogP contribution in [0.1, 0.15) is 43.6 Å². The molecular weight excluding hydrogens is 335 g/mol. The Hall–Kier alpha value is -0.845. The average Bonchev–Trinajstić information content (AvgIpc) is 2.59. The van der Waals surface area contributed by atoms with Crippen LogP contribution in [0.2, 0.25) is 0 Å². The Kier molecular flexibility index (Phi) is 4.26. The molecule has 0 amide bonds. The van der Waals surface area contributed by atoms with E-state index in [9.17, 15) is 4.79 Å². The third-order valence-electron chi connectivity index (χ3n) is 4.28. The summed E-state index contributed by atoms with van der Waals surface area (Å²) >= 11 is 3.50. The molecule has 1 aromatic carbocycles. The molecule has 0 aliphatic carbocycles. The number of carbonyl (C=O) groups excluding carboxylic acids is 1. The second-order valence-electron chi connectivity index (χ2n) is 6.23. The maximum Gasteiger partial charge on any atom is 0.496 e. The van der Waals surface area contributed by atoms with Gasteiger partial charge in [-0.3, -0.25) is 0 Å². The molecule has 0 radical (unpaired) electrons. The van der Waals surface area contributed by atoms with E-state index in [1.54, 1.807) is 0 Å². The Balaban J connectivity index is 2.55. The van der Waals surface area contributed by atoms with Crippen molar-refractivity contribution in [1.82, 2.24) is 0 Å². The van der Waals surface area contributed by atoms with Gasteiger partial charge in [0, 0.05) is 9.94 Å². The molecule has 0 spiro atoms. The average molecular weight is 355 g/mol. The molecule has 1 aliphatic heterocycles. The van der Waals surface area contributed by atoms with E-state index in [1.165, 1.54) is 7.11 Å². The van der Waals surface area contributed by atoms with Gasteiger partial charge in [-0.15, -0.1) is 0 Å². The molecule has 114 valence electrons. The maximum atomic E-state index is 12.1. The summed E-state index contributed by atoms with van der Waals surface area (Å²) in [5.74, 6) is -0.390. The third kappa shape index (κ3) is 2.76. The first-order valence-corrected chi connectivity index (χ1v) is 7.63. The molecule has 21 heavy (non-hydrogen) atoms. The summed E-state index contributed by atoms with van der Waals surface area (Å²) in [6, 6.07) is 3.76. The highest BCUT2D eigenvalue weighted by atomic mass is 79.9. The molecule has 0 bridgehead atoms. The second kappa shape index (κ2) is 5.41. The molecule has 4 nitrogen and oxygen atoms in total. The summed E-state index contributed by atoms with van der Waals surface area (Å²) in [5, 5.41) is 0. The highest BCUT2D eigenvalue weighted by Gasteiger charge is 2.53. The van der Waals surface area contributed by atoms with Gasteiger partial charge in [0.15, 0.2) is 0 Å². The van der Waals surface area contributed by atoms with E-state index >= 15 is 0 Å². The highest BCUT2D eigenvalue weighted by molar-refractivity contribution is 9.10. The lowest BCUT2D eigenvalue weighted by molar-refractivity contribution is 0.00578. The second-order valence-corrected chi connectivity index (χ2v) is 7.09. The predicted molar refractivity (Wildman–Crippen MR) is 85.9 cm³/mol. The molecule has 1 aliphatic rings. The van der Waals surface area contributed by atoms with Crippen LogP contribution in [0, 0.1) is 6.92 Å². The topological polar surface area (TPSA) is 44.8 Å². The largest absolute Gasteiger partial charge is 0.496 e. The molecule has 0 aromatic heterocycles. The minimum Gasteiger partial charge on any atom is -0.465 e. The smallest absolute Gasteiger partial charge is 0.465 e. The number of methoxy groups -OCH3 is 1. The van der Waals surface area contributed by atoms with Crippen molar-refractivity contribution < 1.29 is 18.8 Å². The number of halogens is 1. The zero-order valence-electron chi connectivity index (χ0n) is 13.2. The minimum absolute atomic E-state index is 0.390. The van der Waals surface area contributed by atoms with Crippen LogP contribution >= 0.6 is 15.9 Å². The number of carbonyl (C=O) groups is 1. The summed E-state index contributed by atoms with van der Waals surface area (Å²) in [7, 11) is 0.759. The summed E-state index contributed by atoms with van der Waals surface area (Å²) in [6.07, 6.45) is 0. The van der Waals surface area contributed by atoms with Crippen molar-refractivity contribution in [3.63, 3.8) is 0 Å². The first-order valence-electron chi connectivity index (χ1n) is 6.83. The molecule has 1 saturated heterocycles. The zero-order chi connectivity index (χ0) is 16.0. The number of aryl methyl sites for hydroxylation is 1. The summed E-state index contributed by atoms with van der Waals surface area (Å²) < 4.78 is 17.8. The lowest BCUT2D eigenvalue weighted by Gasteiger charge is -2.32. The third-order valence-corrected chi connectivity index (χ3v) is 4.97. The number of hydrogen-bond acceptors (Lipinski definition) is 4. The van der Waals surface area contributed by atoms with Crippen LogP contribution in [0.25, 0.3) is 0 Å². The van der Waals surface area contributed by atoms with Gasteiger partial charge < -0.3 is 14.0 Å². The first kappa shape index (κ1) is 16.5. The molecule has 1 heterocycles. The molecule has 1 fully saturated rings. The van der Waals surface area contributed by atoms with Gasteiger partial charge in [-0.25, -0.2) is 4.79 Å². The molecule has 0 unspecified atom stereocenters. The number of ether oxygens (including phenoxy) is 1. The number of rotatable bonds is 2. The van der Waals surface area contributed by atoms with Crippen LogP contribution in [0.3, 0.4) is 0 Å². The van der Waals surface area contributed by atoms with Gasteiger partial charge in [0.2, 0.25) is 0 Å². The standard InChI is InChI=1S/C15H20BBrO4/c1-9-7-8-10(17)12(11(9)13(18)19-6)16-20-14(2,3)15(4,5)21-16/h7-8H,1-6H3. The van der Waals surface area contributed by atoms with Crippen molar-refractivity contribution in [3.05, 3.63) is 27.7 Å². The zero-order valence-corrected chi connectivity index (χ0v) is 14.8. The lowest BCUT2D eigenvalue weighted by atomic mass is 9.74. The van der Waals surface area contributed by atoms with Crippen LogP contribution in [-0.2, 0) is 14.0 Å². The predicted octanol–water partition coefficient (Wildman–Crippen LogP) is 2.84. The summed E-state index contributed by atoms with van der Waals surface area (Å²) in [5.41, 5.74) is 1.07. The SMILES string of the molecule is COC(=O)c1c(C)ccc(Br)c1B1OC(C)(C)C(C)(C)O1. The molecule has 6 heteroatoms. The van der Waals surface area contributed by atoms with Crippen molar-refractivity contribution in [1.29, 1.82) is 0 Å². The quantitative estimate of drug-likeness (QED) is 0.605. The van der Waals surface area contributed by atoms with Crippen molar-refractivity contribution in [2.24, 2.45) is 0 Å². The van der Waals surface area contributed by atoms with E-state index in [-0.39, 0.29) is 0 Å². The molecule has 2 rings (SSSR count). The number of hydrogen-bond donors (Lipinski definition) is 0. The summed E-state index contributed by atoms with van der Waals surface area (Å²) in [6.45, 7) is 9.79. The van der Waals surface area contributed by atoms with Gasteiger partial charge in [-0.05, 0) is 46.2 Å². The van der Waals surface area contributed by atoms with E-state index in [1.807, 2.05) is 46.8 Å². The Morgan fingerprint density at radius 2 is 1.71 bits per heavy atom.